The van der Waals surface area contributed by atoms with E-state index in [1.165, 1.54) is 60.9 Å². The highest BCUT2D eigenvalue weighted by molar-refractivity contribution is 7.92. The van der Waals surface area contributed by atoms with E-state index in [4.69, 9.17) is 16.3 Å². The van der Waals surface area contributed by atoms with Gasteiger partial charge < -0.3 is 10.1 Å². The van der Waals surface area contributed by atoms with Crippen LogP contribution in [0.15, 0.2) is 82.6 Å². The fourth-order valence-corrected chi connectivity index (χ4v) is 4.46. The van der Waals surface area contributed by atoms with E-state index in [0.717, 1.165) is 4.90 Å². The third kappa shape index (κ3) is 5.60. The zero-order valence-electron chi connectivity index (χ0n) is 19.5. The summed E-state index contributed by atoms with van der Waals surface area (Å²) >= 11 is 6.18. The van der Waals surface area contributed by atoms with E-state index >= 15 is 0 Å². The van der Waals surface area contributed by atoms with Crippen LogP contribution in [-0.2, 0) is 24.3 Å². The van der Waals surface area contributed by atoms with Gasteiger partial charge in [-0.15, -0.1) is 0 Å². The average Bonchev–Trinajstić information content (AvgIpc) is 3.07. The van der Waals surface area contributed by atoms with Crippen LogP contribution in [0.2, 0.25) is 0 Å². The van der Waals surface area contributed by atoms with Crippen LogP contribution in [-0.4, -0.2) is 42.3 Å². The molecular formula is C24H20ClN5O6S. The number of sulfonamides is 1. The fourth-order valence-electron chi connectivity index (χ4n) is 3.29. The Morgan fingerprint density at radius 3 is 2.32 bits per heavy atom. The minimum atomic E-state index is -3.96. The molecule has 2 N–H and O–H groups in total. The quantitative estimate of drug-likeness (QED) is 0.324. The highest BCUT2D eigenvalue weighted by Gasteiger charge is 2.39. The number of esters is 1. The van der Waals surface area contributed by atoms with Gasteiger partial charge in [-0.25, -0.2) is 32.8 Å². The number of hydrogen-bond donors (Lipinski definition) is 2. The van der Waals surface area contributed by atoms with E-state index < -0.39 is 27.8 Å². The number of imide groups is 1. The number of ether oxygens (including phenoxy) is 1. The summed E-state index contributed by atoms with van der Waals surface area (Å²) in [6.07, 6.45) is 2.44. The van der Waals surface area contributed by atoms with Gasteiger partial charge in [0.15, 0.2) is 0 Å². The standard InChI is InChI=1S/C24H20ClN5O6S/c1-14(2)36-23(33)15-5-3-6-17(13-15)30-21(31)19(25)20(22(30)32)28-16-7-9-18(10-8-16)37(34,35)29-24-26-11-4-12-27-24/h3-14,28H,1-2H3,(H,26,27,29). The molecule has 13 heteroatoms. The molecule has 2 aromatic carbocycles. The highest BCUT2D eigenvalue weighted by Crippen LogP contribution is 2.31. The number of halogens is 1. The minimum Gasteiger partial charge on any atom is -0.459 e. The lowest BCUT2D eigenvalue weighted by Crippen LogP contribution is -2.32. The molecule has 0 saturated heterocycles. The SMILES string of the molecule is CC(C)OC(=O)c1cccc(N2C(=O)C(Cl)=C(Nc3ccc(S(=O)(=O)Nc4ncccn4)cc3)C2=O)c1. The maximum absolute atomic E-state index is 13.1. The molecule has 0 aliphatic carbocycles. The summed E-state index contributed by atoms with van der Waals surface area (Å²) in [6, 6.07) is 12.8. The Morgan fingerprint density at radius 2 is 1.68 bits per heavy atom. The molecule has 0 unspecified atom stereocenters. The van der Waals surface area contributed by atoms with Crippen LogP contribution in [0.25, 0.3) is 0 Å². The number of amides is 2. The smallest absolute Gasteiger partial charge is 0.338 e. The summed E-state index contributed by atoms with van der Waals surface area (Å²) in [5, 5.41) is 2.41. The normalized spacial score (nSPS) is 13.8. The summed E-state index contributed by atoms with van der Waals surface area (Å²) in [4.78, 5) is 46.5. The van der Waals surface area contributed by atoms with Gasteiger partial charge in [0.25, 0.3) is 21.8 Å². The van der Waals surface area contributed by atoms with Crippen molar-refractivity contribution in [3.05, 3.63) is 83.3 Å². The van der Waals surface area contributed by atoms with Gasteiger partial charge in [-0.3, -0.25) is 9.59 Å². The summed E-state index contributed by atoms with van der Waals surface area (Å²) in [6.45, 7) is 3.40. The Kier molecular flexibility index (Phi) is 7.23. The molecule has 190 valence electrons. The van der Waals surface area contributed by atoms with Crippen molar-refractivity contribution in [3.63, 3.8) is 0 Å². The van der Waals surface area contributed by atoms with Crippen LogP contribution in [0.4, 0.5) is 17.3 Å². The fraction of sp³-hybridized carbons (Fsp3) is 0.125. The first-order valence-electron chi connectivity index (χ1n) is 10.8. The van der Waals surface area contributed by atoms with Crippen molar-refractivity contribution in [1.29, 1.82) is 0 Å². The molecule has 1 aliphatic heterocycles. The monoisotopic (exact) mass is 541 g/mol. The molecule has 0 spiro atoms. The number of benzene rings is 2. The van der Waals surface area contributed by atoms with E-state index in [2.05, 4.69) is 20.0 Å². The summed E-state index contributed by atoms with van der Waals surface area (Å²) in [7, 11) is -3.96. The maximum Gasteiger partial charge on any atom is 0.338 e. The Labute approximate surface area is 217 Å². The number of rotatable bonds is 8. The highest BCUT2D eigenvalue weighted by atomic mass is 35.5. The van der Waals surface area contributed by atoms with Crippen LogP contribution in [0, 0.1) is 0 Å². The van der Waals surface area contributed by atoms with Crippen molar-refractivity contribution < 1.29 is 27.5 Å². The van der Waals surface area contributed by atoms with Crippen LogP contribution in [0.5, 0.6) is 0 Å². The number of nitrogens with zero attached hydrogens (tertiary/aromatic N) is 3. The van der Waals surface area contributed by atoms with E-state index in [-0.39, 0.29) is 38.9 Å². The number of carbonyl (C=O) groups excluding carboxylic acids is 3. The molecule has 1 aliphatic rings. The zero-order chi connectivity index (χ0) is 26.7. The second kappa shape index (κ2) is 10.4. The lowest BCUT2D eigenvalue weighted by Gasteiger charge is -2.16. The first-order valence-corrected chi connectivity index (χ1v) is 12.7. The van der Waals surface area contributed by atoms with Crippen molar-refractivity contribution in [2.45, 2.75) is 24.8 Å². The minimum absolute atomic E-state index is 0.0777. The number of nitrogens with one attached hydrogen (secondary N) is 2. The first kappa shape index (κ1) is 25.8. The van der Waals surface area contributed by atoms with Crippen LogP contribution >= 0.6 is 11.6 Å². The molecule has 4 rings (SSSR count). The molecule has 37 heavy (non-hydrogen) atoms. The number of carbonyl (C=O) groups is 3. The molecule has 11 nitrogen and oxygen atoms in total. The lowest BCUT2D eigenvalue weighted by molar-refractivity contribution is -0.120. The van der Waals surface area contributed by atoms with E-state index in [1.54, 1.807) is 19.9 Å². The molecule has 0 fully saturated rings. The molecule has 1 aromatic heterocycles. The van der Waals surface area contributed by atoms with Crippen LogP contribution < -0.4 is 14.9 Å². The lowest BCUT2D eigenvalue weighted by atomic mass is 10.2. The van der Waals surface area contributed by atoms with Gasteiger partial charge in [0, 0.05) is 18.1 Å². The molecule has 0 saturated carbocycles. The average molecular weight is 542 g/mol. The summed E-state index contributed by atoms with van der Waals surface area (Å²) < 4.78 is 32.5. The Morgan fingerprint density at radius 1 is 1.00 bits per heavy atom. The van der Waals surface area contributed by atoms with E-state index in [0.29, 0.717) is 5.69 Å². The molecule has 3 aromatic rings. The van der Waals surface area contributed by atoms with Gasteiger partial charge in [0.2, 0.25) is 5.95 Å². The Hall–Kier alpha value is -4.29. The zero-order valence-corrected chi connectivity index (χ0v) is 21.1. The van der Waals surface area contributed by atoms with Crippen molar-refractivity contribution in [2.75, 3.05) is 14.9 Å². The molecule has 2 amide bonds. The summed E-state index contributed by atoms with van der Waals surface area (Å²) in [5.74, 6) is -2.21. The van der Waals surface area contributed by atoms with Gasteiger partial charge in [-0.2, -0.15) is 0 Å². The maximum atomic E-state index is 13.1. The van der Waals surface area contributed by atoms with E-state index in [9.17, 15) is 22.8 Å². The molecule has 0 radical (unpaired) electrons. The van der Waals surface area contributed by atoms with Gasteiger partial charge in [-0.1, -0.05) is 17.7 Å². The predicted molar refractivity (Wildman–Crippen MR) is 135 cm³/mol. The van der Waals surface area contributed by atoms with Gasteiger partial charge in [0.1, 0.15) is 10.7 Å². The topological polar surface area (TPSA) is 148 Å². The summed E-state index contributed by atoms with van der Waals surface area (Å²) in [5.41, 5.74) is 0.406. The van der Waals surface area contributed by atoms with Crippen molar-refractivity contribution in [1.82, 2.24) is 9.97 Å². The van der Waals surface area contributed by atoms with Crippen molar-refractivity contribution in [2.24, 2.45) is 0 Å². The van der Waals surface area contributed by atoms with Gasteiger partial charge in [-0.05, 0) is 62.4 Å². The Balaban J connectivity index is 1.51. The number of anilines is 3. The van der Waals surface area contributed by atoms with Gasteiger partial charge >= 0.3 is 5.97 Å². The second-order valence-electron chi connectivity index (χ2n) is 7.97. The predicted octanol–water partition coefficient (Wildman–Crippen LogP) is 3.28. The van der Waals surface area contributed by atoms with Crippen LogP contribution in [0.3, 0.4) is 0 Å². The van der Waals surface area contributed by atoms with E-state index in [1.807, 2.05) is 0 Å². The first-order chi connectivity index (χ1) is 17.6. The van der Waals surface area contributed by atoms with Crippen molar-refractivity contribution >= 4 is 56.7 Å². The second-order valence-corrected chi connectivity index (χ2v) is 10.0. The molecule has 2 heterocycles. The molecule has 0 bridgehead atoms. The molecular weight excluding hydrogens is 522 g/mol. The largest absolute Gasteiger partial charge is 0.459 e. The Bertz CT molecular complexity index is 1510. The molecule has 0 atom stereocenters. The van der Waals surface area contributed by atoms with Crippen LogP contribution in [0.1, 0.15) is 24.2 Å². The third-order valence-electron chi connectivity index (χ3n) is 4.94. The number of aromatic nitrogens is 2. The van der Waals surface area contributed by atoms with Gasteiger partial charge in [0.05, 0.1) is 22.3 Å². The third-order valence-corrected chi connectivity index (χ3v) is 6.63. The van der Waals surface area contributed by atoms with Crippen molar-refractivity contribution in [3.8, 4) is 0 Å². The number of hydrogen-bond acceptors (Lipinski definition) is 9.